The average molecular weight is 458 g/mol. The van der Waals surface area contributed by atoms with E-state index in [2.05, 4.69) is 5.32 Å². The van der Waals surface area contributed by atoms with Gasteiger partial charge >= 0.3 is 0 Å². The number of likely N-dealkylation sites (tertiary alicyclic amines) is 1. The molecule has 1 fully saturated rings. The molecule has 7 nitrogen and oxygen atoms in total. The normalized spacial score (nSPS) is 16.6. The highest BCUT2D eigenvalue weighted by Crippen LogP contribution is 2.25. The van der Waals surface area contributed by atoms with Crippen molar-refractivity contribution in [3.8, 4) is 0 Å². The third-order valence-corrected chi connectivity index (χ3v) is 8.07. The van der Waals surface area contributed by atoms with Gasteiger partial charge in [-0.2, -0.15) is 4.31 Å². The summed E-state index contributed by atoms with van der Waals surface area (Å²) in [5.41, 5.74) is 2.19. The molecule has 0 radical (unpaired) electrons. The standard InChI is InChI=1S/C24H31N3O4S/c1-4-27(5-2)32(30,31)22-16-21(12-11-18(22)3)25-24(29)20-15-23(28)26(17-20)14-13-19-9-7-6-8-10-19/h6-12,16,20H,4-5,13-15,17H2,1-3H3,(H,25,29)/t20-/m0/s1. The summed E-state index contributed by atoms with van der Waals surface area (Å²) >= 11 is 0. The zero-order valence-corrected chi connectivity index (χ0v) is 19.7. The summed E-state index contributed by atoms with van der Waals surface area (Å²) < 4.78 is 27.3. The van der Waals surface area contributed by atoms with Gasteiger partial charge in [0, 0.05) is 38.3 Å². The Morgan fingerprint density at radius 1 is 1.12 bits per heavy atom. The van der Waals surface area contributed by atoms with E-state index < -0.39 is 15.9 Å². The summed E-state index contributed by atoms with van der Waals surface area (Å²) in [5.74, 6) is -0.757. The first-order chi connectivity index (χ1) is 15.3. The minimum absolute atomic E-state index is 0.0326. The first-order valence-corrected chi connectivity index (χ1v) is 12.4. The SMILES string of the molecule is CCN(CC)S(=O)(=O)c1cc(NC(=O)[C@H]2CC(=O)N(CCc3ccccc3)C2)ccc1C. The van der Waals surface area contributed by atoms with Crippen LogP contribution < -0.4 is 5.32 Å². The summed E-state index contributed by atoms with van der Waals surface area (Å²) in [7, 11) is -3.64. The predicted octanol–water partition coefficient (Wildman–Crippen LogP) is 3.06. The zero-order chi connectivity index (χ0) is 23.3. The average Bonchev–Trinajstić information content (AvgIpc) is 3.15. The van der Waals surface area contributed by atoms with E-state index in [1.54, 1.807) is 37.8 Å². The van der Waals surface area contributed by atoms with Crippen LogP contribution in [0.15, 0.2) is 53.4 Å². The Labute approximate surface area is 190 Å². The Morgan fingerprint density at radius 3 is 2.47 bits per heavy atom. The third-order valence-electron chi connectivity index (χ3n) is 5.88. The molecule has 0 aliphatic carbocycles. The van der Waals surface area contributed by atoms with Gasteiger partial charge in [-0.15, -0.1) is 0 Å². The molecular formula is C24H31N3O4S. The molecule has 0 bridgehead atoms. The van der Waals surface area contributed by atoms with E-state index in [0.29, 0.717) is 37.4 Å². The molecule has 3 rings (SSSR count). The highest BCUT2D eigenvalue weighted by atomic mass is 32.2. The van der Waals surface area contributed by atoms with E-state index in [-0.39, 0.29) is 23.1 Å². The molecule has 0 aromatic heterocycles. The fourth-order valence-corrected chi connectivity index (χ4v) is 5.68. The van der Waals surface area contributed by atoms with Gasteiger partial charge in [0.25, 0.3) is 0 Å². The third kappa shape index (κ3) is 5.37. The van der Waals surface area contributed by atoms with Gasteiger partial charge in [0.1, 0.15) is 0 Å². The number of amides is 2. The van der Waals surface area contributed by atoms with E-state index in [0.717, 1.165) is 12.0 Å². The summed E-state index contributed by atoms with van der Waals surface area (Å²) in [5, 5.41) is 2.81. The number of nitrogens with one attached hydrogen (secondary N) is 1. The van der Waals surface area contributed by atoms with Crippen molar-refractivity contribution in [1.29, 1.82) is 0 Å². The van der Waals surface area contributed by atoms with Gasteiger partial charge in [-0.1, -0.05) is 50.2 Å². The number of aryl methyl sites for hydroxylation is 1. The molecule has 1 aliphatic rings. The first kappa shape index (κ1) is 23.9. The van der Waals surface area contributed by atoms with Gasteiger partial charge in [0.15, 0.2) is 0 Å². The van der Waals surface area contributed by atoms with Crippen LogP contribution in [0.25, 0.3) is 0 Å². The number of anilines is 1. The lowest BCUT2D eigenvalue weighted by Gasteiger charge is -2.20. The van der Waals surface area contributed by atoms with Crippen LogP contribution in [0.4, 0.5) is 5.69 Å². The lowest BCUT2D eigenvalue weighted by Crippen LogP contribution is -2.31. The van der Waals surface area contributed by atoms with Crippen LogP contribution in [0.2, 0.25) is 0 Å². The van der Waals surface area contributed by atoms with Crippen LogP contribution >= 0.6 is 0 Å². The van der Waals surface area contributed by atoms with Crippen molar-refractivity contribution in [2.45, 2.75) is 38.5 Å². The monoisotopic (exact) mass is 457 g/mol. The maximum Gasteiger partial charge on any atom is 0.243 e. The second-order valence-corrected chi connectivity index (χ2v) is 9.94. The number of sulfonamides is 1. The molecule has 1 N–H and O–H groups in total. The van der Waals surface area contributed by atoms with Crippen molar-refractivity contribution in [3.05, 3.63) is 59.7 Å². The minimum Gasteiger partial charge on any atom is -0.342 e. The van der Waals surface area contributed by atoms with E-state index in [1.807, 2.05) is 30.3 Å². The molecule has 8 heteroatoms. The number of hydrogen-bond acceptors (Lipinski definition) is 4. The summed E-state index contributed by atoms with van der Waals surface area (Å²) in [6.45, 7) is 7.01. The maximum atomic E-state index is 12.9. The smallest absolute Gasteiger partial charge is 0.243 e. The second kappa shape index (κ2) is 10.3. The number of carbonyl (C=O) groups is 2. The molecule has 2 aromatic carbocycles. The zero-order valence-electron chi connectivity index (χ0n) is 18.9. The lowest BCUT2D eigenvalue weighted by atomic mass is 10.1. The molecule has 0 spiro atoms. The fourth-order valence-electron chi connectivity index (χ4n) is 3.98. The van der Waals surface area contributed by atoms with Crippen molar-refractivity contribution in [1.82, 2.24) is 9.21 Å². The number of carbonyl (C=O) groups excluding carboxylic acids is 2. The number of rotatable bonds is 9. The molecule has 32 heavy (non-hydrogen) atoms. The van der Waals surface area contributed by atoms with E-state index >= 15 is 0 Å². The molecular weight excluding hydrogens is 426 g/mol. The molecule has 2 amide bonds. The number of nitrogens with zero attached hydrogens (tertiary/aromatic N) is 2. The van der Waals surface area contributed by atoms with E-state index in [1.165, 1.54) is 10.4 Å². The van der Waals surface area contributed by atoms with Gasteiger partial charge in [0.2, 0.25) is 21.8 Å². The lowest BCUT2D eigenvalue weighted by molar-refractivity contribution is -0.128. The highest BCUT2D eigenvalue weighted by Gasteiger charge is 2.34. The Morgan fingerprint density at radius 2 is 1.81 bits per heavy atom. The van der Waals surface area contributed by atoms with E-state index in [9.17, 15) is 18.0 Å². The second-order valence-electron chi connectivity index (χ2n) is 8.04. The molecule has 1 heterocycles. The van der Waals surface area contributed by atoms with Crippen LogP contribution in [0.3, 0.4) is 0 Å². The Kier molecular flexibility index (Phi) is 7.69. The van der Waals surface area contributed by atoms with Crippen LogP contribution in [0, 0.1) is 12.8 Å². The largest absolute Gasteiger partial charge is 0.342 e. The Hall–Kier alpha value is -2.71. The topological polar surface area (TPSA) is 86.8 Å². The fraction of sp³-hybridized carbons (Fsp3) is 0.417. The quantitative estimate of drug-likeness (QED) is 0.627. The van der Waals surface area contributed by atoms with Crippen LogP contribution in [0.1, 0.15) is 31.4 Å². The Balaban J connectivity index is 1.66. The van der Waals surface area contributed by atoms with Crippen LogP contribution in [-0.2, 0) is 26.0 Å². The number of benzene rings is 2. The molecule has 0 saturated carbocycles. The van der Waals surface area contributed by atoms with Crippen molar-refractivity contribution < 1.29 is 18.0 Å². The highest BCUT2D eigenvalue weighted by molar-refractivity contribution is 7.89. The summed E-state index contributed by atoms with van der Waals surface area (Å²) in [6, 6.07) is 14.8. The van der Waals surface area contributed by atoms with Crippen molar-refractivity contribution in [2.75, 3.05) is 31.5 Å². The van der Waals surface area contributed by atoms with E-state index in [4.69, 9.17) is 0 Å². The van der Waals surface area contributed by atoms with Crippen molar-refractivity contribution in [3.63, 3.8) is 0 Å². The van der Waals surface area contributed by atoms with Crippen LogP contribution in [-0.4, -0.2) is 55.6 Å². The van der Waals surface area contributed by atoms with Crippen molar-refractivity contribution >= 4 is 27.5 Å². The van der Waals surface area contributed by atoms with Gasteiger partial charge in [-0.05, 0) is 36.6 Å². The Bertz CT molecular complexity index is 1070. The van der Waals surface area contributed by atoms with Gasteiger partial charge in [-0.3, -0.25) is 9.59 Å². The van der Waals surface area contributed by atoms with Gasteiger partial charge in [-0.25, -0.2) is 8.42 Å². The molecule has 1 aliphatic heterocycles. The number of hydrogen-bond donors (Lipinski definition) is 1. The molecule has 172 valence electrons. The van der Waals surface area contributed by atoms with Gasteiger partial charge in [0.05, 0.1) is 10.8 Å². The molecule has 2 aromatic rings. The van der Waals surface area contributed by atoms with Gasteiger partial charge < -0.3 is 10.2 Å². The minimum atomic E-state index is -3.64. The van der Waals surface area contributed by atoms with Crippen molar-refractivity contribution in [2.24, 2.45) is 5.92 Å². The first-order valence-electron chi connectivity index (χ1n) is 11.0. The summed E-state index contributed by atoms with van der Waals surface area (Å²) in [4.78, 5) is 27.1. The molecule has 1 atom stereocenters. The molecule has 0 unspecified atom stereocenters. The molecule has 1 saturated heterocycles. The van der Waals surface area contributed by atoms with Crippen LogP contribution in [0.5, 0.6) is 0 Å². The predicted molar refractivity (Wildman–Crippen MR) is 125 cm³/mol. The maximum absolute atomic E-state index is 12.9. The summed E-state index contributed by atoms with van der Waals surface area (Å²) in [6.07, 6.45) is 0.905.